The fraction of sp³-hybridized carbons (Fsp3) is 1.00. The zero-order chi connectivity index (χ0) is 12.3. The molecule has 1 N–H and O–H groups in total. The first-order valence-electron chi connectivity index (χ1n) is 6.83. The second-order valence-corrected chi connectivity index (χ2v) is 6.82. The molecule has 0 aromatic heterocycles. The molecule has 0 aromatic carbocycles. The first kappa shape index (κ1) is 13.7. The molecule has 2 fully saturated rings. The Labute approximate surface area is 110 Å². The minimum Gasteiger partial charge on any atom is -0.314 e. The van der Waals surface area contributed by atoms with E-state index in [0.29, 0.717) is 0 Å². The monoisotopic (exact) mass is 257 g/mol. The molecule has 0 aliphatic carbocycles. The van der Waals surface area contributed by atoms with Crippen LogP contribution in [0.15, 0.2) is 0 Å². The largest absolute Gasteiger partial charge is 0.314 e. The van der Waals surface area contributed by atoms with E-state index in [4.69, 9.17) is 0 Å². The Morgan fingerprint density at radius 1 is 1.24 bits per heavy atom. The summed E-state index contributed by atoms with van der Waals surface area (Å²) < 4.78 is 0. The average Bonchev–Trinajstić information content (AvgIpc) is 2.77. The van der Waals surface area contributed by atoms with Gasteiger partial charge in [-0.05, 0) is 52.2 Å². The highest BCUT2D eigenvalue weighted by atomic mass is 32.2. The molecule has 4 heteroatoms. The van der Waals surface area contributed by atoms with Crippen molar-refractivity contribution in [2.24, 2.45) is 5.92 Å². The van der Waals surface area contributed by atoms with Crippen molar-refractivity contribution in [3.05, 3.63) is 0 Å². The Hall–Kier alpha value is 0.230. The molecule has 2 heterocycles. The van der Waals surface area contributed by atoms with Crippen LogP contribution in [0, 0.1) is 5.92 Å². The summed E-state index contributed by atoms with van der Waals surface area (Å²) in [6.07, 6.45) is 5.02. The Morgan fingerprint density at radius 2 is 1.94 bits per heavy atom. The summed E-state index contributed by atoms with van der Waals surface area (Å²) in [5.41, 5.74) is 0. The van der Waals surface area contributed by atoms with Crippen molar-refractivity contribution in [2.45, 2.75) is 24.1 Å². The fourth-order valence-corrected chi connectivity index (χ4v) is 4.10. The van der Waals surface area contributed by atoms with Crippen molar-refractivity contribution in [3.63, 3.8) is 0 Å². The molecule has 0 amide bonds. The SMILES string of the molecule is CSC1CNCC1N1CCC(CN(C)C)CC1. The van der Waals surface area contributed by atoms with E-state index in [1.165, 1.54) is 45.6 Å². The van der Waals surface area contributed by atoms with Crippen molar-refractivity contribution < 1.29 is 0 Å². The highest BCUT2D eigenvalue weighted by molar-refractivity contribution is 7.99. The Kier molecular flexibility index (Phi) is 5.15. The smallest absolute Gasteiger partial charge is 0.0351 e. The van der Waals surface area contributed by atoms with Crippen molar-refractivity contribution >= 4 is 11.8 Å². The van der Waals surface area contributed by atoms with Crippen LogP contribution in [0.25, 0.3) is 0 Å². The van der Waals surface area contributed by atoms with Gasteiger partial charge in [0.15, 0.2) is 0 Å². The van der Waals surface area contributed by atoms with E-state index in [2.05, 4.69) is 35.5 Å². The van der Waals surface area contributed by atoms with E-state index < -0.39 is 0 Å². The molecule has 17 heavy (non-hydrogen) atoms. The van der Waals surface area contributed by atoms with Gasteiger partial charge in [0, 0.05) is 30.9 Å². The van der Waals surface area contributed by atoms with Gasteiger partial charge >= 0.3 is 0 Å². The predicted molar refractivity (Wildman–Crippen MR) is 76.8 cm³/mol. The van der Waals surface area contributed by atoms with Crippen LogP contribution in [0.5, 0.6) is 0 Å². The molecule has 2 aliphatic rings. The second kappa shape index (κ2) is 6.41. The van der Waals surface area contributed by atoms with Gasteiger partial charge in [0.05, 0.1) is 0 Å². The van der Waals surface area contributed by atoms with E-state index in [1.807, 2.05) is 11.8 Å². The van der Waals surface area contributed by atoms with E-state index in [0.717, 1.165) is 17.2 Å². The fourth-order valence-electron chi connectivity index (χ4n) is 3.23. The van der Waals surface area contributed by atoms with E-state index in [1.54, 1.807) is 0 Å². The standard InChI is InChI=1S/C13H27N3S/c1-15(2)10-11-4-6-16(7-5-11)12-8-14-9-13(12)17-3/h11-14H,4-10H2,1-3H3. The average molecular weight is 257 g/mol. The third-order valence-corrected chi connectivity index (χ3v) is 5.26. The normalized spacial score (nSPS) is 32.5. The lowest BCUT2D eigenvalue weighted by Gasteiger charge is -2.38. The van der Waals surface area contributed by atoms with Gasteiger partial charge in [-0.25, -0.2) is 0 Å². The molecular weight excluding hydrogens is 230 g/mol. The number of hydrogen-bond acceptors (Lipinski definition) is 4. The van der Waals surface area contributed by atoms with Gasteiger partial charge in [-0.3, -0.25) is 4.90 Å². The quantitative estimate of drug-likeness (QED) is 0.808. The van der Waals surface area contributed by atoms with E-state index >= 15 is 0 Å². The van der Waals surface area contributed by atoms with Crippen LogP contribution in [-0.4, -0.2) is 74.2 Å². The molecule has 0 radical (unpaired) electrons. The molecule has 2 saturated heterocycles. The lowest BCUT2D eigenvalue weighted by atomic mass is 9.95. The maximum absolute atomic E-state index is 3.54. The molecule has 2 rings (SSSR count). The third-order valence-electron chi connectivity index (χ3n) is 4.17. The number of rotatable bonds is 4. The van der Waals surface area contributed by atoms with Gasteiger partial charge in [0.1, 0.15) is 0 Å². The van der Waals surface area contributed by atoms with Gasteiger partial charge in [0.25, 0.3) is 0 Å². The number of hydrogen-bond donors (Lipinski definition) is 1. The number of thioether (sulfide) groups is 1. The maximum atomic E-state index is 3.54. The van der Waals surface area contributed by atoms with Gasteiger partial charge in [0.2, 0.25) is 0 Å². The number of nitrogens with zero attached hydrogens (tertiary/aromatic N) is 2. The van der Waals surface area contributed by atoms with Crippen molar-refractivity contribution in [3.8, 4) is 0 Å². The van der Waals surface area contributed by atoms with Crippen molar-refractivity contribution in [1.29, 1.82) is 0 Å². The molecule has 2 unspecified atom stereocenters. The number of likely N-dealkylation sites (tertiary alicyclic amines) is 1. The molecule has 0 aromatic rings. The molecule has 3 nitrogen and oxygen atoms in total. The molecule has 0 bridgehead atoms. The minimum atomic E-state index is 0.783. The van der Waals surface area contributed by atoms with Gasteiger partial charge in [-0.15, -0.1) is 0 Å². The summed E-state index contributed by atoms with van der Waals surface area (Å²) in [5, 5.41) is 4.35. The zero-order valence-electron chi connectivity index (χ0n) is 11.5. The zero-order valence-corrected chi connectivity index (χ0v) is 12.3. The Morgan fingerprint density at radius 3 is 2.53 bits per heavy atom. The van der Waals surface area contributed by atoms with Crippen LogP contribution in [0.4, 0.5) is 0 Å². The molecule has 2 atom stereocenters. The van der Waals surface area contributed by atoms with Crippen LogP contribution < -0.4 is 5.32 Å². The molecule has 0 saturated carbocycles. The second-order valence-electron chi connectivity index (χ2n) is 5.74. The van der Waals surface area contributed by atoms with Crippen molar-refractivity contribution in [1.82, 2.24) is 15.1 Å². The van der Waals surface area contributed by atoms with Crippen LogP contribution in [0.1, 0.15) is 12.8 Å². The molecule has 2 aliphatic heterocycles. The van der Waals surface area contributed by atoms with Crippen LogP contribution >= 0.6 is 11.8 Å². The summed E-state index contributed by atoms with van der Waals surface area (Å²) in [7, 11) is 4.38. The summed E-state index contributed by atoms with van der Waals surface area (Å²) in [5.74, 6) is 0.920. The summed E-state index contributed by atoms with van der Waals surface area (Å²) in [4.78, 5) is 5.06. The predicted octanol–water partition coefficient (Wildman–Crippen LogP) is 0.963. The summed E-state index contributed by atoms with van der Waals surface area (Å²) >= 11 is 2.03. The van der Waals surface area contributed by atoms with Crippen LogP contribution in [-0.2, 0) is 0 Å². The van der Waals surface area contributed by atoms with E-state index in [9.17, 15) is 0 Å². The lowest BCUT2D eigenvalue weighted by Crippen LogP contribution is -2.47. The summed E-state index contributed by atoms with van der Waals surface area (Å²) in [6, 6.07) is 0.783. The topological polar surface area (TPSA) is 18.5 Å². The van der Waals surface area contributed by atoms with Crippen LogP contribution in [0.2, 0.25) is 0 Å². The van der Waals surface area contributed by atoms with Gasteiger partial charge in [-0.2, -0.15) is 11.8 Å². The van der Waals surface area contributed by atoms with Crippen LogP contribution in [0.3, 0.4) is 0 Å². The van der Waals surface area contributed by atoms with E-state index in [-0.39, 0.29) is 0 Å². The number of piperidine rings is 1. The van der Waals surface area contributed by atoms with Gasteiger partial charge < -0.3 is 10.2 Å². The Balaban J connectivity index is 1.78. The highest BCUT2D eigenvalue weighted by Gasteiger charge is 2.33. The molecular formula is C13H27N3S. The Bertz CT molecular complexity index is 227. The third kappa shape index (κ3) is 3.60. The number of nitrogens with one attached hydrogen (secondary N) is 1. The first-order chi connectivity index (χ1) is 8.20. The first-order valence-corrected chi connectivity index (χ1v) is 8.11. The maximum Gasteiger partial charge on any atom is 0.0351 e. The van der Waals surface area contributed by atoms with Gasteiger partial charge in [-0.1, -0.05) is 0 Å². The van der Waals surface area contributed by atoms with Crippen molar-refractivity contribution in [2.75, 3.05) is 53.1 Å². The minimum absolute atomic E-state index is 0.783. The lowest BCUT2D eigenvalue weighted by molar-refractivity contribution is 0.129. The highest BCUT2D eigenvalue weighted by Crippen LogP contribution is 2.25. The molecule has 0 spiro atoms. The summed E-state index contributed by atoms with van der Waals surface area (Å²) in [6.45, 7) is 6.28. The molecule has 100 valence electrons.